The van der Waals surface area contributed by atoms with Crippen molar-refractivity contribution in [2.24, 2.45) is 0 Å². The number of hydrogen-bond donors (Lipinski definition) is 0. The van der Waals surface area contributed by atoms with Crippen molar-refractivity contribution in [3.8, 4) is 0 Å². The standard InChI is InChI=1S/C18H25NO2/c1-18(2,3)21-17(20)16-9-6-10-19(16)12-14-11-13-7-4-5-8-15(13)14/h4-5,7-8,14,16H,6,9-12H2,1-3H3/t14?,16-/m0/s1. The van der Waals surface area contributed by atoms with Gasteiger partial charge in [0.25, 0.3) is 0 Å². The number of carbonyl (C=O) groups is 1. The Balaban J connectivity index is 1.62. The SMILES string of the molecule is CC(C)(C)OC(=O)[C@@H]1CCCN1CC1Cc2ccccc21. The summed E-state index contributed by atoms with van der Waals surface area (Å²) < 4.78 is 5.57. The van der Waals surface area contributed by atoms with Crippen LogP contribution in [0.5, 0.6) is 0 Å². The van der Waals surface area contributed by atoms with Crippen LogP contribution in [0.2, 0.25) is 0 Å². The van der Waals surface area contributed by atoms with Crippen LogP contribution in [0.3, 0.4) is 0 Å². The molecule has 0 amide bonds. The lowest BCUT2D eigenvalue weighted by Crippen LogP contribution is -2.43. The zero-order chi connectivity index (χ0) is 15.0. The number of hydrogen-bond acceptors (Lipinski definition) is 3. The summed E-state index contributed by atoms with van der Waals surface area (Å²) >= 11 is 0. The first-order valence-corrected chi connectivity index (χ1v) is 7.99. The highest BCUT2D eigenvalue weighted by Gasteiger charge is 2.37. The fraction of sp³-hybridized carbons (Fsp3) is 0.611. The molecular formula is C18H25NO2. The van der Waals surface area contributed by atoms with Gasteiger partial charge in [-0.05, 0) is 57.7 Å². The second-order valence-corrected chi connectivity index (χ2v) is 7.29. The third kappa shape index (κ3) is 3.13. The molecule has 1 aliphatic carbocycles. The summed E-state index contributed by atoms with van der Waals surface area (Å²) in [5.74, 6) is 0.539. The number of fused-ring (bicyclic) bond motifs is 1. The second kappa shape index (κ2) is 5.45. The van der Waals surface area contributed by atoms with E-state index >= 15 is 0 Å². The van der Waals surface area contributed by atoms with Crippen LogP contribution in [0, 0.1) is 0 Å². The molecule has 21 heavy (non-hydrogen) atoms. The summed E-state index contributed by atoms with van der Waals surface area (Å²) in [4.78, 5) is 14.7. The van der Waals surface area contributed by atoms with Crippen LogP contribution in [-0.2, 0) is 16.0 Å². The van der Waals surface area contributed by atoms with Gasteiger partial charge in [-0.3, -0.25) is 9.69 Å². The molecule has 0 aromatic heterocycles. The van der Waals surface area contributed by atoms with Crippen LogP contribution in [0.25, 0.3) is 0 Å². The maximum Gasteiger partial charge on any atom is 0.323 e. The van der Waals surface area contributed by atoms with Gasteiger partial charge in [0.1, 0.15) is 11.6 Å². The molecule has 1 aliphatic heterocycles. The summed E-state index contributed by atoms with van der Waals surface area (Å²) in [6.07, 6.45) is 3.18. The predicted octanol–water partition coefficient (Wildman–Crippen LogP) is 3.13. The highest BCUT2D eigenvalue weighted by Crippen LogP contribution is 2.36. The van der Waals surface area contributed by atoms with Gasteiger partial charge in [0.05, 0.1) is 0 Å². The molecule has 2 aliphatic rings. The third-order valence-electron chi connectivity index (χ3n) is 4.46. The van der Waals surface area contributed by atoms with Crippen molar-refractivity contribution in [2.75, 3.05) is 13.1 Å². The molecule has 0 spiro atoms. The molecule has 114 valence electrons. The van der Waals surface area contributed by atoms with Crippen LogP contribution in [0.15, 0.2) is 24.3 Å². The van der Waals surface area contributed by atoms with E-state index in [-0.39, 0.29) is 12.0 Å². The zero-order valence-electron chi connectivity index (χ0n) is 13.3. The van der Waals surface area contributed by atoms with Gasteiger partial charge in [0.15, 0.2) is 0 Å². The molecule has 1 unspecified atom stereocenters. The Morgan fingerprint density at radius 3 is 2.81 bits per heavy atom. The minimum absolute atomic E-state index is 0.0445. The largest absolute Gasteiger partial charge is 0.459 e. The van der Waals surface area contributed by atoms with E-state index in [1.54, 1.807) is 0 Å². The zero-order valence-corrected chi connectivity index (χ0v) is 13.3. The van der Waals surface area contributed by atoms with Crippen molar-refractivity contribution in [1.29, 1.82) is 0 Å². The van der Waals surface area contributed by atoms with E-state index in [1.807, 2.05) is 20.8 Å². The topological polar surface area (TPSA) is 29.5 Å². The fourth-order valence-electron chi connectivity index (χ4n) is 3.49. The minimum atomic E-state index is -0.394. The number of nitrogens with zero attached hydrogens (tertiary/aromatic N) is 1. The van der Waals surface area contributed by atoms with E-state index in [0.717, 1.165) is 32.4 Å². The number of rotatable bonds is 3. The van der Waals surface area contributed by atoms with E-state index in [0.29, 0.717) is 5.92 Å². The first kappa shape index (κ1) is 14.6. The summed E-state index contributed by atoms with van der Waals surface area (Å²) in [5, 5.41) is 0. The Morgan fingerprint density at radius 1 is 1.33 bits per heavy atom. The third-order valence-corrected chi connectivity index (χ3v) is 4.46. The second-order valence-electron chi connectivity index (χ2n) is 7.29. The van der Waals surface area contributed by atoms with E-state index in [9.17, 15) is 4.79 Å². The maximum atomic E-state index is 12.3. The van der Waals surface area contributed by atoms with Crippen molar-refractivity contribution < 1.29 is 9.53 Å². The van der Waals surface area contributed by atoms with Crippen molar-refractivity contribution >= 4 is 5.97 Å². The lowest BCUT2D eigenvalue weighted by Gasteiger charge is -2.35. The molecule has 1 fully saturated rings. The molecule has 1 aromatic carbocycles. The molecule has 0 bridgehead atoms. The summed E-state index contributed by atoms with van der Waals surface area (Å²) in [7, 11) is 0. The monoisotopic (exact) mass is 287 g/mol. The summed E-state index contributed by atoms with van der Waals surface area (Å²) in [6, 6.07) is 8.61. The molecule has 0 saturated carbocycles. The van der Waals surface area contributed by atoms with Gasteiger partial charge >= 0.3 is 5.97 Å². The quantitative estimate of drug-likeness (QED) is 0.800. The highest BCUT2D eigenvalue weighted by atomic mass is 16.6. The van der Waals surface area contributed by atoms with Crippen molar-refractivity contribution in [2.45, 2.75) is 57.6 Å². The first-order chi connectivity index (χ1) is 9.94. The molecule has 1 saturated heterocycles. The first-order valence-electron chi connectivity index (χ1n) is 7.99. The highest BCUT2D eigenvalue weighted by molar-refractivity contribution is 5.76. The van der Waals surface area contributed by atoms with Crippen LogP contribution in [0.1, 0.15) is 50.7 Å². The van der Waals surface area contributed by atoms with Crippen LogP contribution in [-0.4, -0.2) is 35.6 Å². The Morgan fingerprint density at radius 2 is 2.10 bits per heavy atom. The molecule has 0 N–H and O–H groups in total. The Bertz CT molecular complexity index is 532. The van der Waals surface area contributed by atoms with Crippen LogP contribution in [0.4, 0.5) is 0 Å². The summed E-state index contributed by atoms with van der Waals surface area (Å²) in [6.45, 7) is 7.81. The van der Waals surface area contributed by atoms with Gasteiger partial charge < -0.3 is 4.74 Å². The maximum absolute atomic E-state index is 12.3. The van der Waals surface area contributed by atoms with E-state index in [4.69, 9.17) is 4.74 Å². The van der Waals surface area contributed by atoms with Crippen LogP contribution >= 0.6 is 0 Å². The normalized spacial score (nSPS) is 25.3. The van der Waals surface area contributed by atoms with Gasteiger partial charge in [0.2, 0.25) is 0 Å². The van der Waals surface area contributed by atoms with Crippen molar-refractivity contribution in [3.05, 3.63) is 35.4 Å². The van der Waals surface area contributed by atoms with Gasteiger partial charge in [-0.25, -0.2) is 0 Å². The molecule has 3 heteroatoms. The average Bonchev–Trinajstić information content (AvgIpc) is 2.82. The number of ether oxygens (including phenoxy) is 1. The van der Waals surface area contributed by atoms with Gasteiger partial charge in [-0.15, -0.1) is 0 Å². The van der Waals surface area contributed by atoms with E-state index in [1.165, 1.54) is 11.1 Å². The average molecular weight is 287 g/mol. The lowest BCUT2D eigenvalue weighted by atomic mass is 9.77. The molecule has 1 heterocycles. The van der Waals surface area contributed by atoms with E-state index in [2.05, 4.69) is 29.2 Å². The number of carbonyl (C=O) groups excluding carboxylic acids is 1. The van der Waals surface area contributed by atoms with Gasteiger partial charge in [-0.1, -0.05) is 24.3 Å². The number of esters is 1. The van der Waals surface area contributed by atoms with Crippen molar-refractivity contribution in [3.63, 3.8) is 0 Å². The molecule has 1 aromatic rings. The fourth-order valence-corrected chi connectivity index (χ4v) is 3.49. The van der Waals surface area contributed by atoms with E-state index < -0.39 is 5.60 Å². The lowest BCUT2D eigenvalue weighted by molar-refractivity contribution is -0.160. The van der Waals surface area contributed by atoms with Gasteiger partial charge in [-0.2, -0.15) is 0 Å². The van der Waals surface area contributed by atoms with Crippen molar-refractivity contribution in [1.82, 2.24) is 4.90 Å². The smallest absolute Gasteiger partial charge is 0.323 e. The minimum Gasteiger partial charge on any atom is -0.459 e. The Hall–Kier alpha value is -1.35. The predicted molar refractivity (Wildman–Crippen MR) is 83.3 cm³/mol. The summed E-state index contributed by atoms with van der Waals surface area (Å²) in [5.41, 5.74) is 2.54. The van der Waals surface area contributed by atoms with Gasteiger partial charge in [0, 0.05) is 12.5 Å². The van der Waals surface area contributed by atoms with Crippen LogP contribution < -0.4 is 0 Å². The number of benzene rings is 1. The number of likely N-dealkylation sites (tertiary alicyclic amines) is 1. The molecule has 0 radical (unpaired) electrons. The molecule has 2 atom stereocenters. The Labute approximate surface area is 127 Å². The Kier molecular flexibility index (Phi) is 3.78. The molecule has 3 rings (SSSR count). The molecule has 3 nitrogen and oxygen atoms in total. The molecular weight excluding hydrogens is 262 g/mol.